The maximum atomic E-state index is 9.55. The molecular weight excluding hydrogens is 178 g/mol. The second kappa shape index (κ2) is 3.89. The van der Waals surface area contributed by atoms with E-state index in [1.54, 1.807) is 17.9 Å². The molecule has 1 atom stereocenters. The molecular formula is C7H12ClN3O. The molecule has 68 valence electrons. The SMILES string of the molecule is Cn1cnc(Cl)c1C(O)CCN. The van der Waals surface area contributed by atoms with Crippen LogP contribution in [-0.2, 0) is 7.05 Å². The van der Waals surface area contributed by atoms with Gasteiger partial charge in [0.2, 0.25) is 0 Å². The Labute approximate surface area is 76.0 Å². The van der Waals surface area contributed by atoms with Gasteiger partial charge in [-0.2, -0.15) is 0 Å². The third-order valence-electron chi connectivity index (χ3n) is 1.69. The van der Waals surface area contributed by atoms with E-state index in [-0.39, 0.29) is 0 Å². The summed E-state index contributed by atoms with van der Waals surface area (Å²) in [6, 6.07) is 0. The minimum Gasteiger partial charge on any atom is -0.387 e. The lowest BCUT2D eigenvalue weighted by Crippen LogP contribution is -2.10. The van der Waals surface area contributed by atoms with Crippen LogP contribution in [0, 0.1) is 0 Å². The van der Waals surface area contributed by atoms with Crippen LogP contribution in [0.15, 0.2) is 6.33 Å². The van der Waals surface area contributed by atoms with E-state index in [2.05, 4.69) is 4.98 Å². The number of nitrogens with zero attached hydrogens (tertiary/aromatic N) is 2. The van der Waals surface area contributed by atoms with Gasteiger partial charge < -0.3 is 15.4 Å². The summed E-state index contributed by atoms with van der Waals surface area (Å²) in [5, 5.41) is 9.89. The van der Waals surface area contributed by atoms with Crippen molar-refractivity contribution in [1.82, 2.24) is 9.55 Å². The second-order valence-corrected chi connectivity index (χ2v) is 2.98. The minimum atomic E-state index is -0.616. The van der Waals surface area contributed by atoms with Crippen molar-refractivity contribution in [2.75, 3.05) is 6.54 Å². The first-order valence-electron chi connectivity index (χ1n) is 3.71. The fraction of sp³-hybridized carbons (Fsp3) is 0.571. The Hall–Kier alpha value is -0.580. The molecule has 0 aromatic carbocycles. The van der Waals surface area contributed by atoms with Gasteiger partial charge in [0, 0.05) is 7.05 Å². The van der Waals surface area contributed by atoms with Gasteiger partial charge in [-0.3, -0.25) is 0 Å². The van der Waals surface area contributed by atoms with Crippen molar-refractivity contribution < 1.29 is 5.11 Å². The highest BCUT2D eigenvalue weighted by Crippen LogP contribution is 2.22. The van der Waals surface area contributed by atoms with Crippen molar-refractivity contribution in [1.29, 1.82) is 0 Å². The zero-order valence-electron chi connectivity index (χ0n) is 6.87. The number of aryl methyl sites for hydroxylation is 1. The van der Waals surface area contributed by atoms with Gasteiger partial charge in [-0.1, -0.05) is 11.6 Å². The highest BCUT2D eigenvalue weighted by atomic mass is 35.5. The van der Waals surface area contributed by atoms with Crippen molar-refractivity contribution in [3.8, 4) is 0 Å². The molecule has 0 radical (unpaired) electrons. The van der Waals surface area contributed by atoms with E-state index in [4.69, 9.17) is 17.3 Å². The van der Waals surface area contributed by atoms with E-state index in [9.17, 15) is 5.11 Å². The predicted octanol–water partition coefficient (Wildman–Crippen LogP) is 0.456. The fourth-order valence-electron chi connectivity index (χ4n) is 1.08. The van der Waals surface area contributed by atoms with E-state index < -0.39 is 6.10 Å². The highest BCUT2D eigenvalue weighted by molar-refractivity contribution is 6.30. The summed E-state index contributed by atoms with van der Waals surface area (Å²) in [5.41, 5.74) is 5.93. The Bertz CT molecular complexity index is 242. The van der Waals surface area contributed by atoms with Crippen LogP contribution in [0.2, 0.25) is 5.15 Å². The number of aliphatic hydroxyl groups is 1. The molecule has 1 unspecified atom stereocenters. The molecule has 4 nitrogen and oxygen atoms in total. The Kier molecular flexibility index (Phi) is 3.08. The molecule has 12 heavy (non-hydrogen) atoms. The zero-order valence-corrected chi connectivity index (χ0v) is 7.62. The molecule has 0 spiro atoms. The standard InChI is InChI=1S/C7H12ClN3O/c1-11-4-10-7(8)6(11)5(12)2-3-9/h4-5,12H,2-3,9H2,1H3. The average molecular weight is 190 g/mol. The van der Waals surface area contributed by atoms with E-state index in [1.165, 1.54) is 0 Å². The third kappa shape index (κ3) is 1.77. The highest BCUT2D eigenvalue weighted by Gasteiger charge is 2.15. The molecule has 0 aliphatic rings. The minimum absolute atomic E-state index is 0.346. The quantitative estimate of drug-likeness (QED) is 0.726. The first-order chi connectivity index (χ1) is 5.66. The van der Waals surface area contributed by atoms with E-state index in [1.807, 2.05) is 0 Å². The predicted molar refractivity (Wildman–Crippen MR) is 46.8 cm³/mol. The zero-order chi connectivity index (χ0) is 9.14. The van der Waals surface area contributed by atoms with E-state index in [0.29, 0.717) is 23.8 Å². The monoisotopic (exact) mass is 189 g/mol. The van der Waals surface area contributed by atoms with Gasteiger partial charge in [0.1, 0.15) is 0 Å². The molecule has 0 amide bonds. The Morgan fingerprint density at radius 2 is 2.50 bits per heavy atom. The van der Waals surface area contributed by atoms with Crippen molar-refractivity contribution in [3.63, 3.8) is 0 Å². The van der Waals surface area contributed by atoms with Gasteiger partial charge >= 0.3 is 0 Å². The smallest absolute Gasteiger partial charge is 0.152 e. The molecule has 0 aliphatic carbocycles. The van der Waals surface area contributed by atoms with Gasteiger partial charge in [0.25, 0.3) is 0 Å². The summed E-state index contributed by atoms with van der Waals surface area (Å²) in [6.45, 7) is 0.433. The number of rotatable bonds is 3. The van der Waals surface area contributed by atoms with Crippen LogP contribution in [0.3, 0.4) is 0 Å². The van der Waals surface area contributed by atoms with Gasteiger partial charge in [-0.25, -0.2) is 4.98 Å². The maximum Gasteiger partial charge on any atom is 0.152 e. The lowest BCUT2D eigenvalue weighted by Gasteiger charge is -2.09. The van der Waals surface area contributed by atoms with Crippen LogP contribution in [0.25, 0.3) is 0 Å². The lowest BCUT2D eigenvalue weighted by atomic mass is 10.2. The van der Waals surface area contributed by atoms with Crippen LogP contribution in [0.4, 0.5) is 0 Å². The summed E-state index contributed by atoms with van der Waals surface area (Å²) < 4.78 is 1.70. The van der Waals surface area contributed by atoms with Crippen molar-refractivity contribution in [2.24, 2.45) is 12.8 Å². The summed E-state index contributed by atoms with van der Waals surface area (Å²) in [6.07, 6.45) is 1.45. The summed E-state index contributed by atoms with van der Waals surface area (Å²) in [4.78, 5) is 3.85. The molecule has 0 bridgehead atoms. The van der Waals surface area contributed by atoms with Crippen LogP contribution in [-0.4, -0.2) is 21.2 Å². The maximum absolute atomic E-state index is 9.55. The molecule has 5 heteroatoms. The Morgan fingerprint density at radius 1 is 1.83 bits per heavy atom. The van der Waals surface area contributed by atoms with Crippen LogP contribution in [0.1, 0.15) is 18.2 Å². The number of hydrogen-bond donors (Lipinski definition) is 2. The van der Waals surface area contributed by atoms with Crippen LogP contribution in [0.5, 0.6) is 0 Å². The van der Waals surface area contributed by atoms with Gasteiger partial charge in [0.15, 0.2) is 5.15 Å². The van der Waals surface area contributed by atoms with Crippen LogP contribution < -0.4 is 5.73 Å². The average Bonchev–Trinajstić information content (AvgIpc) is 2.32. The van der Waals surface area contributed by atoms with Crippen LogP contribution >= 0.6 is 11.6 Å². The van der Waals surface area contributed by atoms with E-state index in [0.717, 1.165) is 0 Å². The number of halogens is 1. The Morgan fingerprint density at radius 3 is 2.92 bits per heavy atom. The third-order valence-corrected chi connectivity index (χ3v) is 1.98. The topological polar surface area (TPSA) is 64.1 Å². The fourth-order valence-corrected chi connectivity index (χ4v) is 1.38. The summed E-state index contributed by atoms with van der Waals surface area (Å²) in [5.74, 6) is 0. The molecule has 1 aromatic rings. The van der Waals surface area contributed by atoms with E-state index >= 15 is 0 Å². The number of hydrogen-bond acceptors (Lipinski definition) is 3. The number of aromatic nitrogens is 2. The molecule has 0 fully saturated rings. The molecule has 1 rings (SSSR count). The molecule has 0 saturated heterocycles. The molecule has 1 aromatic heterocycles. The van der Waals surface area contributed by atoms with Crippen molar-refractivity contribution in [2.45, 2.75) is 12.5 Å². The first kappa shape index (κ1) is 9.51. The van der Waals surface area contributed by atoms with Gasteiger partial charge in [0.05, 0.1) is 18.1 Å². The number of nitrogens with two attached hydrogens (primary N) is 1. The largest absolute Gasteiger partial charge is 0.387 e. The Balaban J connectivity index is 2.85. The summed E-state index contributed by atoms with van der Waals surface area (Å²) in [7, 11) is 1.79. The second-order valence-electron chi connectivity index (χ2n) is 2.62. The number of aliphatic hydroxyl groups excluding tert-OH is 1. The molecule has 3 N–H and O–H groups in total. The van der Waals surface area contributed by atoms with Crippen molar-refractivity contribution >= 4 is 11.6 Å². The molecule has 0 aliphatic heterocycles. The summed E-state index contributed by atoms with van der Waals surface area (Å²) >= 11 is 5.74. The molecule has 0 saturated carbocycles. The van der Waals surface area contributed by atoms with Crippen molar-refractivity contribution in [3.05, 3.63) is 17.2 Å². The first-order valence-corrected chi connectivity index (χ1v) is 4.09. The normalized spacial score (nSPS) is 13.3. The number of imidazole rings is 1. The lowest BCUT2D eigenvalue weighted by molar-refractivity contribution is 0.162. The van der Waals surface area contributed by atoms with Gasteiger partial charge in [-0.15, -0.1) is 0 Å². The van der Waals surface area contributed by atoms with Gasteiger partial charge in [-0.05, 0) is 13.0 Å². The molecule has 1 heterocycles.